The lowest BCUT2D eigenvalue weighted by atomic mass is 9.55. The zero-order chi connectivity index (χ0) is 36.1. The summed E-state index contributed by atoms with van der Waals surface area (Å²) < 4.78 is 13.5. The van der Waals surface area contributed by atoms with E-state index in [4.69, 9.17) is 9.08 Å². The highest BCUT2D eigenvalue weighted by Gasteiger charge is 2.59. The zero-order valence-corrected chi connectivity index (χ0v) is 29.8. The van der Waals surface area contributed by atoms with Crippen molar-refractivity contribution in [3.63, 3.8) is 0 Å². The number of anilines is 1. The summed E-state index contributed by atoms with van der Waals surface area (Å²) in [6.07, 6.45) is -0.312. The number of carbonyl (C=O) groups is 2. The molecule has 1 aliphatic carbocycles. The van der Waals surface area contributed by atoms with Crippen molar-refractivity contribution in [1.82, 2.24) is 0 Å². The van der Waals surface area contributed by atoms with Crippen LogP contribution in [0.5, 0.6) is 5.75 Å². The molecule has 7 rings (SSSR count). The third-order valence-electron chi connectivity index (χ3n) is 10.8. The van der Waals surface area contributed by atoms with Gasteiger partial charge < -0.3 is 29.3 Å². The van der Waals surface area contributed by atoms with Crippen LogP contribution in [-0.4, -0.2) is 61.2 Å². The highest BCUT2D eigenvalue weighted by molar-refractivity contribution is 6.99. The second-order valence-corrected chi connectivity index (χ2v) is 19.0. The maximum atomic E-state index is 14.4. The number of fused-ring (bicyclic) bond motifs is 3. The van der Waals surface area contributed by atoms with Gasteiger partial charge in [-0.15, -0.1) is 0 Å². The molecule has 2 fully saturated rings. The first-order chi connectivity index (χ1) is 24.4. The van der Waals surface area contributed by atoms with Crippen molar-refractivity contribution in [1.29, 1.82) is 0 Å². The van der Waals surface area contributed by atoms with E-state index in [2.05, 4.69) is 45.0 Å². The van der Waals surface area contributed by atoms with Gasteiger partial charge in [-0.3, -0.25) is 14.5 Å². The van der Waals surface area contributed by atoms with Crippen molar-refractivity contribution in [2.75, 3.05) is 11.5 Å². The number of carbonyl (C=O) groups excluding carboxylic acids is 2. The molecule has 9 nitrogen and oxygen atoms in total. The molecule has 0 radical (unpaired) electrons. The lowest BCUT2D eigenvalue weighted by Crippen LogP contribution is -2.66. The van der Waals surface area contributed by atoms with Gasteiger partial charge in [-0.05, 0) is 68.9 Å². The maximum Gasteiger partial charge on any atom is 0.488 e. The van der Waals surface area contributed by atoms with Gasteiger partial charge in [0.25, 0.3) is 8.32 Å². The van der Waals surface area contributed by atoms with Gasteiger partial charge in [-0.1, -0.05) is 112 Å². The monoisotopic (exact) mass is 701 g/mol. The highest BCUT2D eigenvalue weighted by Crippen LogP contribution is 2.53. The van der Waals surface area contributed by atoms with E-state index < -0.39 is 58.2 Å². The predicted molar refractivity (Wildman–Crippen MR) is 199 cm³/mol. The number of benzene rings is 4. The molecule has 2 amide bonds. The molecule has 4 aromatic carbocycles. The number of imide groups is 1. The number of aromatic hydroxyl groups is 1. The molecule has 12 heteroatoms. The second kappa shape index (κ2) is 13.7. The van der Waals surface area contributed by atoms with Crippen LogP contribution in [0.25, 0.3) is 0 Å². The number of phenolic OH excluding ortho intramolecular Hbond substituents is 1. The van der Waals surface area contributed by atoms with E-state index in [0.29, 0.717) is 11.0 Å². The lowest BCUT2D eigenvalue weighted by Gasteiger charge is -2.45. The molecular formula is C39H41B2NO8Si. The van der Waals surface area contributed by atoms with E-state index >= 15 is 0 Å². The zero-order valence-electron chi connectivity index (χ0n) is 28.8. The molecule has 4 aromatic rings. The fourth-order valence-corrected chi connectivity index (χ4v) is 13.1. The van der Waals surface area contributed by atoms with Crippen molar-refractivity contribution in [3.8, 4) is 5.75 Å². The molecule has 0 bridgehead atoms. The maximum absolute atomic E-state index is 14.4. The first kappa shape index (κ1) is 35.1. The largest absolute Gasteiger partial charge is 0.508 e. The van der Waals surface area contributed by atoms with Crippen LogP contribution in [0.2, 0.25) is 5.04 Å². The number of hydrogen-bond donors (Lipinski definition) is 4. The minimum Gasteiger partial charge on any atom is -0.508 e. The lowest BCUT2D eigenvalue weighted by molar-refractivity contribution is -0.123. The van der Waals surface area contributed by atoms with Crippen LogP contribution < -0.4 is 20.7 Å². The highest BCUT2D eigenvalue weighted by atomic mass is 28.4. The Hall–Kier alpha value is -4.29. The predicted octanol–water partition coefficient (Wildman–Crippen LogP) is 3.25. The summed E-state index contributed by atoms with van der Waals surface area (Å²) in [6, 6.07) is 33.3. The average Bonchev–Trinajstić information content (AvgIpc) is 3.37. The Labute approximate surface area is 299 Å². The third-order valence-corrected chi connectivity index (χ3v) is 15.8. The number of para-hydroxylation sites is 1. The number of rotatable bonds is 8. The van der Waals surface area contributed by atoms with Gasteiger partial charge in [0.15, 0.2) is 0 Å². The van der Waals surface area contributed by atoms with Crippen LogP contribution in [0, 0.1) is 17.8 Å². The molecule has 4 N–H and O–H groups in total. The van der Waals surface area contributed by atoms with E-state index in [-0.39, 0.29) is 41.4 Å². The number of nitrogens with zero attached hydrogens (tertiary/aromatic N) is 1. The van der Waals surface area contributed by atoms with Crippen molar-refractivity contribution >= 4 is 55.9 Å². The van der Waals surface area contributed by atoms with E-state index in [1.165, 1.54) is 12.1 Å². The number of amides is 2. The molecular weight excluding hydrogens is 660 g/mol. The Bertz CT molecular complexity index is 1930. The summed E-state index contributed by atoms with van der Waals surface area (Å²) in [5.41, 5.74) is 2.16. The fourth-order valence-electron chi connectivity index (χ4n) is 8.54. The summed E-state index contributed by atoms with van der Waals surface area (Å²) in [5.74, 6) is -2.95. The van der Waals surface area contributed by atoms with Gasteiger partial charge in [0.1, 0.15) is 5.75 Å². The Kier molecular flexibility index (Phi) is 9.42. The van der Waals surface area contributed by atoms with Crippen molar-refractivity contribution in [3.05, 3.63) is 126 Å². The minimum absolute atomic E-state index is 0.0135. The van der Waals surface area contributed by atoms with Crippen LogP contribution in [0.4, 0.5) is 5.69 Å². The fraction of sp³-hybridized carbons (Fsp3) is 0.282. The van der Waals surface area contributed by atoms with Gasteiger partial charge in [0, 0.05) is 5.56 Å². The molecule has 4 atom stereocenters. The Morgan fingerprint density at radius 2 is 1.49 bits per heavy atom. The molecule has 3 aliphatic rings. The average molecular weight is 701 g/mol. The van der Waals surface area contributed by atoms with Crippen molar-refractivity contribution in [2.24, 2.45) is 17.8 Å². The number of hydrogen-bond acceptors (Lipinski definition) is 8. The molecule has 0 spiro atoms. The normalized spacial score (nSPS) is 22.2. The van der Waals surface area contributed by atoms with E-state index in [1.807, 2.05) is 36.4 Å². The topological polar surface area (TPSA) is 137 Å². The van der Waals surface area contributed by atoms with Crippen LogP contribution in [0.3, 0.4) is 0 Å². The standard InChI is InChI=1S/C39H41B2NO8Si/c1-39(2,3)51(28-15-6-4-7-16-28,29-17-8-5-9-18-29)49-24-25-21-32-35(38(45)42(37(32)44)27-14-12-13-26(22-27)40(46)47)31-23-34(50-41(48)36(25)31)30-19-10-11-20-33(30)43/h4-20,22,31-32,34-35,43,46-48H,21,23-24H2,1-3H3/t31-,32-,34-,35+/m0/s1. The smallest absolute Gasteiger partial charge is 0.488 e. The molecule has 2 saturated heterocycles. The van der Waals surface area contributed by atoms with E-state index in [1.54, 1.807) is 36.4 Å². The van der Waals surface area contributed by atoms with Gasteiger partial charge >= 0.3 is 14.2 Å². The SMILES string of the molecule is CC(C)(C)[Si](OCC1=C2B(O)O[C@H](c3ccccc3O)C[C@H]2[C@H]2C(=O)N(c3cccc(B(O)O)c3)C(=O)[C@H]2C1)(c1ccccc1)c1ccccc1. The third kappa shape index (κ3) is 6.09. The molecule has 0 unspecified atom stereocenters. The summed E-state index contributed by atoms with van der Waals surface area (Å²) in [5, 5.41) is 44.1. The number of phenols is 1. The molecule has 51 heavy (non-hydrogen) atoms. The second-order valence-electron chi connectivity index (χ2n) is 14.7. The van der Waals surface area contributed by atoms with Gasteiger partial charge in [0.05, 0.1) is 30.2 Å². The van der Waals surface area contributed by atoms with Gasteiger partial charge in [0.2, 0.25) is 11.8 Å². The van der Waals surface area contributed by atoms with Crippen molar-refractivity contribution in [2.45, 2.75) is 44.8 Å². The Morgan fingerprint density at radius 3 is 2.10 bits per heavy atom. The summed E-state index contributed by atoms with van der Waals surface area (Å²) >= 11 is 0. The van der Waals surface area contributed by atoms with Gasteiger partial charge in [-0.2, -0.15) is 0 Å². The van der Waals surface area contributed by atoms with Crippen molar-refractivity contribution < 1.29 is 38.8 Å². The minimum atomic E-state index is -3.03. The Balaban J connectivity index is 1.33. The quantitative estimate of drug-likeness (QED) is 0.163. The first-order valence-corrected chi connectivity index (χ1v) is 19.3. The van der Waals surface area contributed by atoms with Gasteiger partial charge in [-0.25, -0.2) is 0 Å². The molecule has 2 heterocycles. The number of allylic oxidation sites excluding steroid dienone is 1. The molecule has 0 saturated carbocycles. The molecule has 2 aliphatic heterocycles. The molecule has 260 valence electrons. The van der Waals surface area contributed by atoms with Crippen LogP contribution in [0.1, 0.15) is 45.3 Å². The van der Waals surface area contributed by atoms with E-state index in [0.717, 1.165) is 20.8 Å². The van der Waals surface area contributed by atoms with Crippen LogP contribution in [0.15, 0.2) is 120 Å². The Morgan fingerprint density at radius 1 is 0.863 bits per heavy atom. The summed E-state index contributed by atoms with van der Waals surface area (Å²) in [4.78, 5) is 29.9. The first-order valence-electron chi connectivity index (χ1n) is 17.3. The molecule has 0 aromatic heterocycles. The summed E-state index contributed by atoms with van der Waals surface area (Å²) in [7, 11) is -6.21. The summed E-state index contributed by atoms with van der Waals surface area (Å²) in [6.45, 7) is 6.65. The van der Waals surface area contributed by atoms with Crippen LogP contribution in [-0.2, 0) is 18.7 Å². The van der Waals surface area contributed by atoms with Crippen LogP contribution >= 0.6 is 0 Å². The van der Waals surface area contributed by atoms with E-state index in [9.17, 15) is 29.8 Å².